The number of hydrogen-bond donors (Lipinski definition) is 4. The van der Waals surface area contributed by atoms with Crippen LogP contribution in [0.4, 0.5) is 4.79 Å². The molecule has 44 heavy (non-hydrogen) atoms. The first-order valence-corrected chi connectivity index (χ1v) is 14.9. The fourth-order valence-corrected chi connectivity index (χ4v) is 4.88. The highest BCUT2D eigenvalue weighted by molar-refractivity contribution is 6.26. The number of hydrogen-bond acceptors (Lipinski definition) is 9. The third kappa shape index (κ3) is 11.1. The van der Waals surface area contributed by atoms with Crippen molar-refractivity contribution in [3.8, 4) is 0 Å². The minimum atomic E-state index is -1.23. The highest BCUT2D eigenvalue weighted by Gasteiger charge is 2.40. The van der Waals surface area contributed by atoms with Crippen LogP contribution in [-0.4, -0.2) is 84.5 Å². The van der Waals surface area contributed by atoms with Gasteiger partial charge >= 0.3 is 12.1 Å². The van der Waals surface area contributed by atoms with Gasteiger partial charge in [0.1, 0.15) is 30.8 Å². The summed E-state index contributed by atoms with van der Waals surface area (Å²) >= 11 is 0. The van der Waals surface area contributed by atoms with Crippen LogP contribution in [0.5, 0.6) is 0 Å². The summed E-state index contributed by atoms with van der Waals surface area (Å²) in [6.07, 6.45) is 0.737. The maximum atomic E-state index is 13.8. The number of ketones is 1. The molecule has 13 heteroatoms. The molecule has 1 aliphatic rings. The summed E-state index contributed by atoms with van der Waals surface area (Å²) in [5.74, 6) is -3.07. The molecular weight excluding hydrogens is 570 g/mol. The average Bonchev–Trinajstić information content (AvgIpc) is 3.50. The zero-order valence-electron chi connectivity index (χ0n) is 26.1. The number of amides is 4. The summed E-state index contributed by atoms with van der Waals surface area (Å²) in [4.78, 5) is 78.4. The fourth-order valence-electron chi connectivity index (χ4n) is 4.88. The van der Waals surface area contributed by atoms with Crippen LogP contribution in [0.3, 0.4) is 0 Å². The third-order valence-corrected chi connectivity index (χ3v) is 7.24. The molecule has 4 amide bonds. The molecule has 0 aromatic heterocycles. The standard InChI is InChI=1S/C31H45N5O8/c1-19(2)16-24(30(41)43-5)33-28(39)25-12-9-15-36(25)29(40)26(20(3)4)35-27(38)23(14-13-22(37)17-32)34-31(42)44-18-21-10-7-6-8-11-21/h6-8,10-11,17,19-20,23-26,32H,9,12-16,18H2,1-5H3,(H,33,39)(H,34,42)(H,35,38)/t23-,24-,25-,26-/m0/s1. The number of alkyl carbamates (subject to hydrolysis) is 1. The van der Waals surface area contributed by atoms with Crippen molar-refractivity contribution in [1.82, 2.24) is 20.9 Å². The fraction of sp³-hybridized carbons (Fsp3) is 0.581. The van der Waals surface area contributed by atoms with Crippen molar-refractivity contribution in [2.45, 2.75) is 90.6 Å². The Bertz CT molecular complexity index is 1170. The van der Waals surface area contributed by atoms with Gasteiger partial charge in [-0.15, -0.1) is 0 Å². The molecule has 1 fully saturated rings. The lowest BCUT2D eigenvalue weighted by atomic mass is 10.00. The number of esters is 1. The van der Waals surface area contributed by atoms with E-state index >= 15 is 0 Å². The number of carbonyl (C=O) groups is 6. The average molecular weight is 616 g/mol. The Morgan fingerprint density at radius 1 is 1.00 bits per heavy atom. The largest absolute Gasteiger partial charge is 0.467 e. The van der Waals surface area contributed by atoms with Crippen molar-refractivity contribution in [3.05, 3.63) is 35.9 Å². The molecule has 1 aliphatic heterocycles. The first-order valence-electron chi connectivity index (χ1n) is 14.9. The number of benzene rings is 1. The number of nitrogens with one attached hydrogen (secondary N) is 4. The van der Waals surface area contributed by atoms with E-state index in [9.17, 15) is 28.8 Å². The molecule has 0 aliphatic carbocycles. The van der Waals surface area contributed by atoms with Gasteiger partial charge in [-0.2, -0.15) is 0 Å². The molecule has 1 saturated heterocycles. The second-order valence-electron chi connectivity index (χ2n) is 11.5. The van der Waals surface area contributed by atoms with Crippen LogP contribution in [0.1, 0.15) is 65.4 Å². The molecule has 4 atom stereocenters. The Balaban J connectivity index is 2.15. The highest BCUT2D eigenvalue weighted by Crippen LogP contribution is 2.21. The summed E-state index contributed by atoms with van der Waals surface area (Å²) in [5, 5.41) is 15.0. The smallest absolute Gasteiger partial charge is 0.408 e. The van der Waals surface area contributed by atoms with Gasteiger partial charge in [0.25, 0.3) is 0 Å². The number of ether oxygens (including phenoxy) is 2. The van der Waals surface area contributed by atoms with Crippen LogP contribution in [-0.2, 0) is 40.1 Å². The first-order chi connectivity index (χ1) is 20.9. The van der Waals surface area contributed by atoms with E-state index in [-0.39, 0.29) is 31.9 Å². The number of carbonyl (C=O) groups excluding carboxylic acids is 6. The highest BCUT2D eigenvalue weighted by atomic mass is 16.5. The van der Waals surface area contributed by atoms with Crippen LogP contribution in [0.25, 0.3) is 0 Å². The lowest BCUT2D eigenvalue weighted by Gasteiger charge is -2.32. The van der Waals surface area contributed by atoms with E-state index in [0.29, 0.717) is 25.5 Å². The summed E-state index contributed by atoms with van der Waals surface area (Å²) in [6, 6.07) is 4.95. The Hall–Kier alpha value is -4.29. The Morgan fingerprint density at radius 3 is 2.27 bits per heavy atom. The molecule has 0 unspecified atom stereocenters. The zero-order chi connectivity index (χ0) is 32.8. The number of methoxy groups -OCH3 is 1. The van der Waals surface area contributed by atoms with Crippen LogP contribution in [0, 0.1) is 17.2 Å². The predicted molar refractivity (Wildman–Crippen MR) is 161 cm³/mol. The van der Waals surface area contributed by atoms with Crippen molar-refractivity contribution >= 4 is 41.8 Å². The summed E-state index contributed by atoms with van der Waals surface area (Å²) in [6.45, 7) is 7.54. The van der Waals surface area contributed by atoms with Gasteiger partial charge in [-0.1, -0.05) is 58.0 Å². The number of rotatable bonds is 16. The maximum absolute atomic E-state index is 13.8. The van der Waals surface area contributed by atoms with E-state index < -0.39 is 65.7 Å². The first kappa shape index (κ1) is 35.9. The normalized spacial score (nSPS) is 16.4. The van der Waals surface area contributed by atoms with Gasteiger partial charge in [0.15, 0.2) is 5.78 Å². The molecule has 4 N–H and O–H groups in total. The van der Waals surface area contributed by atoms with Gasteiger partial charge in [-0.05, 0) is 43.1 Å². The molecule has 0 spiro atoms. The molecule has 242 valence electrons. The van der Waals surface area contributed by atoms with E-state index in [4.69, 9.17) is 14.9 Å². The number of Topliss-reactive ketones (excluding diaryl/α,β-unsaturated/α-hetero) is 1. The second kappa shape index (κ2) is 17.7. The van der Waals surface area contributed by atoms with Gasteiger partial charge in [0, 0.05) is 13.0 Å². The number of nitrogens with zero attached hydrogens (tertiary/aromatic N) is 1. The van der Waals surface area contributed by atoms with Crippen LogP contribution in [0.2, 0.25) is 0 Å². The third-order valence-electron chi connectivity index (χ3n) is 7.24. The molecule has 0 radical (unpaired) electrons. The molecule has 1 aromatic carbocycles. The zero-order valence-corrected chi connectivity index (χ0v) is 26.1. The molecule has 0 saturated carbocycles. The summed E-state index contributed by atoms with van der Waals surface area (Å²) < 4.78 is 10.1. The molecule has 2 rings (SSSR count). The van der Waals surface area contributed by atoms with E-state index in [0.717, 1.165) is 5.56 Å². The van der Waals surface area contributed by atoms with Crippen molar-refractivity contribution in [3.63, 3.8) is 0 Å². The lowest BCUT2D eigenvalue weighted by molar-refractivity contribution is -0.147. The molecule has 0 bridgehead atoms. The second-order valence-corrected chi connectivity index (χ2v) is 11.5. The van der Waals surface area contributed by atoms with Gasteiger partial charge < -0.3 is 35.7 Å². The van der Waals surface area contributed by atoms with E-state index in [1.807, 2.05) is 19.9 Å². The van der Waals surface area contributed by atoms with Gasteiger partial charge in [0.2, 0.25) is 17.7 Å². The van der Waals surface area contributed by atoms with E-state index in [1.54, 1.807) is 38.1 Å². The summed E-state index contributed by atoms with van der Waals surface area (Å²) in [7, 11) is 1.25. The SMILES string of the molecule is COC(=O)[C@H](CC(C)C)NC(=O)[C@@H]1CCCN1C(=O)[C@@H](NC(=O)[C@H](CCC(=O)C=N)NC(=O)OCc1ccccc1)C(C)C. The topological polar surface area (TPSA) is 184 Å². The molecule has 1 aromatic rings. The molecule has 13 nitrogen and oxygen atoms in total. The molecule has 1 heterocycles. The van der Waals surface area contributed by atoms with Crippen LogP contribution < -0.4 is 16.0 Å². The number of likely N-dealkylation sites (tertiary alicyclic amines) is 1. The quantitative estimate of drug-likeness (QED) is 0.161. The summed E-state index contributed by atoms with van der Waals surface area (Å²) in [5.41, 5.74) is 0.736. The lowest BCUT2D eigenvalue weighted by Crippen LogP contribution is -2.59. The van der Waals surface area contributed by atoms with Gasteiger partial charge in [-0.3, -0.25) is 19.2 Å². The maximum Gasteiger partial charge on any atom is 0.408 e. The monoisotopic (exact) mass is 615 g/mol. The van der Waals surface area contributed by atoms with E-state index in [2.05, 4.69) is 16.0 Å². The molecular formula is C31H45N5O8. The van der Waals surface area contributed by atoms with Crippen molar-refractivity contribution < 1.29 is 38.2 Å². The Labute approximate surface area is 258 Å². The Morgan fingerprint density at radius 2 is 1.68 bits per heavy atom. The Kier molecular flexibility index (Phi) is 14.5. The van der Waals surface area contributed by atoms with Crippen molar-refractivity contribution in [1.29, 1.82) is 5.41 Å². The van der Waals surface area contributed by atoms with Gasteiger partial charge in [-0.25, -0.2) is 9.59 Å². The van der Waals surface area contributed by atoms with E-state index in [1.165, 1.54) is 12.0 Å². The van der Waals surface area contributed by atoms with Crippen molar-refractivity contribution in [2.24, 2.45) is 11.8 Å². The van der Waals surface area contributed by atoms with Crippen molar-refractivity contribution in [2.75, 3.05) is 13.7 Å². The van der Waals surface area contributed by atoms with Crippen LogP contribution >= 0.6 is 0 Å². The van der Waals surface area contributed by atoms with Gasteiger partial charge in [0.05, 0.1) is 13.3 Å². The minimum absolute atomic E-state index is 0.0417. The van der Waals surface area contributed by atoms with Crippen LogP contribution in [0.15, 0.2) is 30.3 Å². The predicted octanol–water partition coefficient (Wildman–Crippen LogP) is 2.12. The minimum Gasteiger partial charge on any atom is -0.467 e.